The Labute approximate surface area is 169 Å². The van der Waals surface area contributed by atoms with Gasteiger partial charge in [-0.25, -0.2) is 17.2 Å². The number of rotatable bonds is 7. The summed E-state index contributed by atoms with van der Waals surface area (Å²) in [6.45, 7) is 0.0557. The quantitative estimate of drug-likeness (QED) is 0.701. The lowest BCUT2D eigenvalue weighted by Gasteiger charge is -2.20. The lowest BCUT2D eigenvalue weighted by Crippen LogP contribution is -2.41. The normalized spacial score (nSPS) is 11.5. The average Bonchev–Trinajstić information content (AvgIpc) is 2.66. The molecule has 0 aliphatic heterocycles. The summed E-state index contributed by atoms with van der Waals surface area (Å²) in [5, 5.41) is 2.06. The number of nitrogens with two attached hydrogens (primary N) is 1. The maximum atomic E-state index is 13.2. The fourth-order valence-corrected chi connectivity index (χ4v) is 3.48. The number of nitrogens with one attached hydrogen (secondary N) is 1. The molecular formula is C18H22ClF2N3O3S. The SMILES string of the molecule is Cc1ccc(N(C)S(=O)(=O)c2cccc(C(=O)NCC(F)(F)CN)c2)cc1.Cl. The van der Waals surface area contributed by atoms with Gasteiger partial charge in [0, 0.05) is 12.6 Å². The topological polar surface area (TPSA) is 92.5 Å². The molecule has 2 aromatic carbocycles. The first-order valence-corrected chi connectivity index (χ1v) is 9.52. The first kappa shape index (κ1) is 23.8. The van der Waals surface area contributed by atoms with Gasteiger partial charge in [-0.3, -0.25) is 9.10 Å². The predicted octanol–water partition coefficient (Wildman–Crippen LogP) is 2.57. The molecule has 0 unspecified atom stereocenters. The second-order valence-electron chi connectivity index (χ2n) is 6.08. The number of anilines is 1. The molecule has 0 atom stereocenters. The largest absolute Gasteiger partial charge is 0.346 e. The minimum Gasteiger partial charge on any atom is -0.346 e. The minimum atomic E-state index is -3.92. The number of nitrogens with zero attached hydrogens (tertiary/aromatic N) is 1. The zero-order chi connectivity index (χ0) is 20.2. The second kappa shape index (κ2) is 9.31. The van der Waals surface area contributed by atoms with E-state index < -0.39 is 34.9 Å². The van der Waals surface area contributed by atoms with Gasteiger partial charge in [0.05, 0.1) is 23.7 Å². The number of carbonyl (C=O) groups excluding carboxylic acids is 1. The summed E-state index contributed by atoms with van der Waals surface area (Å²) in [5.41, 5.74) is 6.32. The number of carbonyl (C=O) groups is 1. The van der Waals surface area contributed by atoms with Gasteiger partial charge in [0.2, 0.25) is 0 Å². The molecule has 154 valence electrons. The predicted molar refractivity (Wildman–Crippen MR) is 107 cm³/mol. The molecule has 0 aliphatic rings. The standard InChI is InChI=1S/C18H21F2N3O3S.ClH/c1-13-6-8-15(9-7-13)23(2)27(25,26)16-5-3-4-14(10-16)17(24)22-12-18(19,20)11-21;/h3-10H,11-12,21H2,1-2H3,(H,22,24);1H. The van der Waals surface area contributed by atoms with Crippen molar-refractivity contribution in [3.05, 3.63) is 59.7 Å². The first-order valence-electron chi connectivity index (χ1n) is 8.08. The van der Waals surface area contributed by atoms with Crippen molar-refractivity contribution in [2.45, 2.75) is 17.7 Å². The van der Waals surface area contributed by atoms with Crippen LogP contribution in [0, 0.1) is 6.92 Å². The Hall–Kier alpha value is -2.23. The van der Waals surface area contributed by atoms with Crippen molar-refractivity contribution >= 4 is 34.0 Å². The van der Waals surface area contributed by atoms with Crippen molar-refractivity contribution in [2.75, 3.05) is 24.4 Å². The Morgan fingerprint density at radius 1 is 1.18 bits per heavy atom. The third-order valence-electron chi connectivity index (χ3n) is 3.96. The molecule has 2 aromatic rings. The number of halogens is 3. The van der Waals surface area contributed by atoms with E-state index in [4.69, 9.17) is 5.73 Å². The van der Waals surface area contributed by atoms with Gasteiger partial charge in [0.15, 0.2) is 0 Å². The molecule has 10 heteroatoms. The van der Waals surface area contributed by atoms with Crippen molar-refractivity contribution in [3.8, 4) is 0 Å². The van der Waals surface area contributed by atoms with Gasteiger partial charge in [-0.2, -0.15) is 0 Å². The first-order chi connectivity index (χ1) is 12.6. The smallest absolute Gasteiger partial charge is 0.277 e. The van der Waals surface area contributed by atoms with E-state index in [1.54, 1.807) is 24.3 Å². The molecule has 0 saturated carbocycles. The average molecular weight is 434 g/mol. The molecule has 0 spiro atoms. The Kier molecular flexibility index (Phi) is 7.92. The highest BCUT2D eigenvalue weighted by atomic mass is 35.5. The molecule has 0 fully saturated rings. The van der Waals surface area contributed by atoms with E-state index >= 15 is 0 Å². The molecule has 0 aliphatic carbocycles. The van der Waals surface area contributed by atoms with Crippen LogP contribution in [-0.4, -0.2) is 40.4 Å². The van der Waals surface area contributed by atoms with E-state index in [9.17, 15) is 22.0 Å². The number of hydrogen-bond donors (Lipinski definition) is 2. The van der Waals surface area contributed by atoms with Gasteiger partial charge in [0.25, 0.3) is 21.9 Å². The van der Waals surface area contributed by atoms with Crippen LogP contribution in [-0.2, 0) is 10.0 Å². The van der Waals surface area contributed by atoms with Crippen molar-refractivity contribution in [1.29, 1.82) is 0 Å². The molecule has 0 aromatic heterocycles. The number of amides is 1. The highest BCUT2D eigenvalue weighted by Gasteiger charge is 2.28. The summed E-state index contributed by atoms with van der Waals surface area (Å²) >= 11 is 0. The molecule has 3 N–H and O–H groups in total. The number of alkyl halides is 2. The van der Waals surface area contributed by atoms with Crippen LogP contribution in [0.15, 0.2) is 53.4 Å². The maximum absolute atomic E-state index is 13.2. The summed E-state index contributed by atoms with van der Waals surface area (Å²) in [7, 11) is -2.53. The van der Waals surface area contributed by atoms with Crippen LogP contribution < -0.4 is 15.4 Å². The highest BCUT2D eigenvalue weighted by Crippen LogP contribution is 2.23. The molecule has 28 heavy (non-hydrogen) atoms. The number of sulfonamides is 1. The maximum Gasteiger partial charge on any atom is 0.277 e. The highest BCUT2D eigenvalue weighted by molar-refractivity contribution is 7.92. The van der Waals surface area contributed by atoms with E-state index in [1.165, 1.54) is 25.2 Å². The number of hydrogen-bond acceptors (Lipinski definition) is 4. The third-order valence-corrected chi connectivity index (χ3v) is 5.74. The fourth-order valence-electron chi connectivity index (χ4n) is 2.23. The van der Waals surface area contributed by atoms with Gasteiger partial charge < -0.3 is 11.1 Å². The minimum absolute atomic E-state index is 0. The van der Waals surface area contributed by atoms with Gasteiger partial charge in [0.1, 0.15) is 0 Å². The van der Waals surface area contributed by atoms with Crippen LogP contribution in [0.1, 0.15) is 15.9 Å². The number of benzene rings is 2. The lowest BCUT2D eigenvalue weighted by atomic mass is 10.2. The molecule has 0 heterocycles. The van der Waals surface area contributed by atoms with Gasteiger partial charge >= 0.3 is 0 Å². The monoisotopic (exact) mass is 433 g/mol. The van der Waals surface area contributed by atoms with Crippen molar-refractivity contribution in [3.63, 3.8) is 0 Å². The Morgan fingerprint density at radius 2 is 1.79 bits per heavy atom. The number of aryl methyl sites for hydroxylation is 1. The van der Waals surface area contributed by atoms with Crippen LogP contribution in [0.3, 0.4) is 0 Å². The van der Waals surface area contributed by atoms with E-state index in [2.05, 4.69) is 5.32 Å². The van der Waals surface area contributed by atoms with Crippen LogP contribution in [0.4, 0.5) is 14.5 Å². The zero-order valence-electron chi connectivity index (χ0n) is 15.4. The fraction of sp³-hybridized carbons (Fsp3) is 0.278. The van der Waals surface area contributed by atoms with E-state index in [0.717, 1.165) is 15.9 Å². The Balaban J connectivity index is 0.00000392. The zero-order valence-corrected chi connectivity index (χ0v) is 17.0. The third kappa shape index (κ3) is 5.63. The summed E-state index contributed by atoms with van der Waals surface area (Å²) in [4.78, 5) is 11.9. The van der Waals surface area contributed by atoms with Crippen molar-refractivity contribution in [2.24, 2.45) is 5.73 Å². The van der Waals surface area contributed by atoms with Crippen LogP contribution in [0.25, 0.3) is 0 Å². The van der Waals surface area contributed by atoms with Gasteiger partial charge in [-0.05, 0) is 37.3 Å². The van der Waals surface area contributed by atoms with Crippen molar-refractivity contribution < 1.29 is 22.0 Å². The summed E-state index contributed by atoms with van der Waals surface area (Å²) < 4.78 is 53.1. The van der Waals surface area contributed by atoms with Crippen molar-refractivity contribution in [1.82, 2.24) is 5.32 Å². The van der Waals surface area contributed by atoms with Crippen LogP contribution in [0.2, 0.25) is 0 Å². The molecule has 0 saturated heterocycles. The molecule has 1 amide bonds. The molecule has 0 radical (unpaired) electrons. The molecular weight excluding hydrogens is 412 g/mol. The lowest BCUT2D eigenvalue weighted by molar-refractivity contribution is 0.0118. The summed E-state index contributed by atoms with van der Waals surface area (Å²) in [6, 6.07) is 12.1. The van der Waals surface area contributed by atoms with Gasteiger partial charge in [-0.1, -0.05) is 23.8 Å². The van der Waals surface area contributed by atoms with Crippen LogP contribution in [0.5, 0.6) is 0 Å². The molecule has 6 nitrogen and oxygen atoms in total. The second-order valence-corrected chi connectivity index (χ2v) is 8.05. The molecule has 2 rings (SSSR count). The summed E-state index contributed by atoms with van der Waals surface area (Å²) in [6.07, 6.45) is 0. The van der Waals surface area contributed by atoms with Gasteiger partial charge in [-0.15, -0.1) is 12.4 Å². The van der Waals surface area contributed by atoms with E-state index in [-0.39, 0.29) is 22.9 Å². The van der Waals surface area contributed by atoms with E-state index in [1.807, 2.05) is 6.92 Å². The molecule has 0 bridgehead atoms. The van der Waals surface area contributed by atoms with Crippen LogP contribution >= 0.6 is 12.4 Å². The van der Waals surface area contributed by atoms with E-state index in [0.29, 0.717) is 5.69 Å². The summed E-state index contributed by atoms with van der Waals surface area (Å²) in [5.74, 6) is -4.04. The Morgan fingerprint density at radius 3 is 2.36 bits per heavy atom. The Bertz CT molecular complexity index is 922.